The topological polar surface area (TPSA) is 98.0 Å². The Kier molecular flexibility index (Phi) is 5.31. The van der Waals surface area contributed by atoms with E-state index in [1.807, 2.05) is 0 Å². The quantitative estimate of drug-likeness (QED) is 0.532. The maximum absolute atomic E-state index is 13.5. The van der Waals surface area contributed by atoms with Gasteiger partial charge < -0.3 is 5.11 Å². The summed E-state index contributed by atoms with van der Waals surface area (Å²) in [6.45, 7) is 0.103. The summed E-state index contributed by atoms with van der Waals surface area (Å²) in [6.07, 6.45) is 2.43. The fraction of sp³-hybridized carbons (Fsp3) is 0.0455. The number of rotatable bonds is 5. The zero-order valence-electron chi connectivity index (χ0n) is 15.9. The molecule has 2 heterocycles. The average Bonchev–Trinajstić information content (AvgIpc) is 2.75. The number of hydrogen-bond acceptors (Lipinski definition) is 5. The molecule has 154 valence electrons. The highest BCUT2D eigenvalue weighted by Crippen LogP contribution is 2.20. The highest BCUT2D eigenvalue weighted by Gasteiger charge is 2.10. The number of carboxylic acid groups (broad SMARTS) is 1. The van der Waals surface area contributed by atoms with Gasteiger partial charge in [0.05, 0.1) is 17.8 Å². The van der Waals surface area contributed by atoms with E-state index in [0.29, 0.717) is 17.0 Å². The second-order valence-corrected chi connectivity index (χ2v) is 6.67. The molecule has 31 heavy (non-hydrogen) atoms. The minimum absolute atomic E-state index is 0.0266. The van der Waals surface area contributed by atoms with E-state index in [0.717, 1.165) is 18.2 Å². The van der Waals surface area contributed by atoms with Crippen molar-refractivity contribution >= 4 is 5.97 Å². The third-order valence-electron chi connectivity index (χ3n) is 4.44. The summed E-state index contributed by atoms with van der Waals surface area (Å²) in [5.74, 6) is -2.27. The van der Waals surface area contributed by atoms with Gasteiger partial charge in [-0.05, 0) is 29.8 Å². The van der Waals surface area contributed by atoms with Crippen LogP contribution in [0.2, 0.25) is 0 Å². The molecule has 7 nitrogen and oxygen atoms in total. The number of nitrogens with zero attached hydrogens (tertiary/aromatic N) is 4. The molecule has 0 amide bonds. The van der Waals surface area contributed by atoms with Crippen LogP contribution in [0.1, 0.15) is 15.9 Å². The maximum Gasteiger partial charge on any atom is 0.338 e. The number of halogens is 2. The molecule has 0 atom stereocenters. The number of hydrogen-bond donors (Lipinski definition) is 1. The fourth-order valence-corrected chi connectivity index (χ4v) is 2.99. The number of aromatic nitrogens is 4. The van der Waals surface area contributed by atoms with Crippen LogP contribution < -0.4 is 5.56 Å². The number of benzene rings is 2. The second-order valence-electron chi connectivity index (χ2n) is 6.67. The monoisotopic (exact) mass is 420 g/mol. The Balaban J connectivity index is 1.64. The van der Waals surface area contributed by atoms with Gasteiger partial charge in [0.25, 0.3) is 5.56 Å². The molecule has 9 heteroatoms. The van der Waals surface area contributed by atoms with Gasteiger partial charge in [-0.15, -0.1) is 0 Å². The minimum Gasteiger partial charge on any atom is -0.478 e. The molecule has 0 saturated heterocycles. The summed E-state index contributed by atoms with van der Waals surface area (Å²) in [5.41, 5.74) is 1.40. The van der Waals surface area contributed by atoms with Gasteiger partial charge >= 0.3 is 5.97 Å². The van der Waals surface area contributed by atoms with Crippen LogP contribution in [0.3, 0.4) is 0 Å². The lowest BCUT2D eigenvalue weighted by Gasteiger charge is -2.09. The first-order valence-corrected chi connectivity index (χ1v) is 9.08. The Labute approximate surface area is 174 Å². The zero-order valence-corrected chi connectivity index (χ0v) is 15.9. The molecule has 0 fully saturated rings. The first kappa shape index (κ1) is 20.0. The third kappa shape index (κ3) is 4.50. The molecular weight excluding hydrogens is 406 g/mol. The van der Waals surface area contributed by atoms with Gasteiger partial charge in [-0.1, -0.05) is 18.2 Å². The molecule has 0 spiro atoms. The van der Waals surface area contributed by atoms with Crippen LogP contribution in [0.4, 0.5) is 8.78 Å². The number of carboxylic acids is 1. The smallest absolute Gasteiger partial charge is 0.338 e. The van der Waals surface area contributed by atoms with Gasteiger partial charge in [0.15, 0.2) is 5.82 Å². The van der Waals surface area contributed by atoms with Crippen molar-refractivity contribution in [1.29, 1.82) is 0 Å². The first-order valence-electron chi connectivity index (χ1n) is 9.08. The number of aromatic carboxylic acids is 1. The average molecular weight is 420 g/mol. The zero-order chi connectivity index (χ0) is 22.0. The molecule has 0 aliphatic rings. The van der Waals surface area contributed by atoms with E-state index in [4.69, 9.17) is 5.11 Å². The van der Waals surface area contributed by atoms with Gasteiger partial charge in [0.2, 0.25) is 0 Å². The molecule has 4 rings (SSSR count). The molecule has 1 N–H and O–H groups in total. The Bertz CT molecular complexity index is 1320. The van der Waals surface area contributed by atoms with Gasteiger partial charge in [0.1, 0.15) is 11.6 Å². The van der Waals surface area contributed by atoms with E-state index in [9.17, 15) is 18.4 Å². The predicted octanol–water partition coefficient (Wildman–Crippen LogP) is 3.39. The Morgan fingerprint density at radius 1 is 0.935 bits per heavy atom. The van der Waals surface area contributed by atoms with Gasteiger partial charge in [-0.2, -0.15) is 5.10 Å². The summed E-state index contributed by atoms with van der Waals surface area (Å²) in [5, 5.41) is 13.2. The van der Waals surface area contributed by atoms with Crippen molar-refractivity contribution in [2.75, 3.05) is 0 Å². The lowest BCUT2D eigenvalue weighted by Crippen LogP contribution is -2.22. The van der Waals surface area contributed by atoms with E-state index < -0.39 is 17.6 Å². The Hall–Kier alpha value is -4.27. The lowest BCUT2D eigenvalue weighted by atomic mass is 10.1. The highest BCUT2D eigenvalue weighted by molar-refractivity contribution is 5.86. The summed E-state index contributed by atoms with van der Waals surface area (Å²) in [7, 11) is 0. The van der Waals surface area contributed by atoms with Gasteiger partial charge in [-0.3, -0.25) is 4.79 Å². The van der Waals surface area contributed by atoms with E-state index in [1.165, 1.54) is 29.2 Å². The molecule has 0 saturated carbocycles. The highest BCUT2D eigenvalue weighted by atomic mass is 19.1. The van der Waals surface area contributed by atoms with Crippen molar-refractivity contribution in [2.24, 2.45) is 0 Å². The van der Waals surface area contributed by atoms with Crippen LogP contribution in [0, 0.1) is 11.6 Å². The molecular formula is C22H14F2N4O3. The Morgan fingerprint density at radius 2 is 1.65 bits per heavy atom. The van der Waals surface area contributed by atoms with E-state index in [2.05, 4.69) is 15.1 Å². The molecule has 0 unspecified atom stereocenters. The SMILES string of the molecule is O=C(O)c1cnc(-c2cccc(Cn3nc(-c4cc(F)cc(F)c4)ccc3=O)c2)nc1. The lowest BCUT2D eigenvalue weighted by molar-refractivity contribution is 0.0696. The second kappa shape index (κ2) is 8.23. The Morgan fingerprint density at radius 3 is 2.32 bits per heavy atom. The van der Waals surface area contributed by atoms with Crippen LogP contribution in [0.25, 0.3) is 22.6 Å². The van der Waals surface area contributed by atoms with Crippen molar-refractivity contribution in [1.82, 2.24) is 19.7 Å². The summed E-state index contributed by atoms with van der Waals surface area (Å²) >= 11 is 0. The molecule has 0 aliphatic carbocycles. The minimum atomic E-state index is -1.12. The normalized spacial score (nSPS) is 10.8. The van der Waals surface area contributed by atoms with Crippen molar-refractivity contribution < 1.29 is 18.7 Å². The van der Waals surface area contributed by atoms with Crippen LogP contribution in [-0.2, 0) is 6.54 Å². The van der Waals surface area contributed by atoms with Crippen LogP contribution in [0.15, 0.2) is 71.8 Å². The first-order chi connectivity index (χ1) is 14.9. The van der Waals surface area contributed by atoms with Gasteiger partial charge in [0, 0.05) is 35.7 Å². The number of carbonyl (C=O) groups is 1. The van der Waals surface area contributed by atoms with Crippen LogP contribution in [0.5, 0.6) is 0 Å². The molecule has 2 aromatic heterocycles. The standard InChI is InChI=1S/C22H14F2N4O3/c23-17-7-15(8-18(24)9-17)19-4-5-20(29)28(27-19)12-13-2-1-3-14(6-13)21-25-10-16(11-26-21)22(30)31/h1-11H,12H2,(H,30,31). The molecule has 0 radical (unpaired) electrons. The molecule has 4 aromatic rings. The summed E-state index contributed by atoms with van der Waals surface area (Å²) < 4.78 is 28.3. The summed E-state index contributed by atoms with van der Waals surface area (Å²) in [4.78, 5) is 31.3. The molecule has 2 aromatic carbocycles. The van der Waals surface area contributed by atoms with Crippen molar-refractivity contribution in [3.05, 3.63) is 100 Å². The van der Waals surface area contributed by atoms with Crippen LogP contribution >= 0.6 is 0 Å². The predicted molar refractivity (Wildman–Crippen MR) is 107 cm³/mol. The maximum atomic E-state index is 13.5. The van der Waals surface area contributed by atoms with E-state index in [-0.39, 0.29) is 28.9 Å². The largest absolute Gasteiger partial charge is 0.478 e. The van der Waals surface area contributed by atoms with Crippen LogP contribution in [-0.4, -0.2) is 30.8 Å². The van der Waals surface area contributed by atoms with E-state index in [1.54, 1.807) is 24.3 Å². The molecule has 0 aliphatic heterocycles. The van der Waals surface area contributed by atoms with Crippen molar-refractivity contribution in [2.45, 2.75) is 6.54 Å². The molecule has 0 bridgehead atoms. The summed E-state index contributed by atoms with van der Waals surface area (Å²) in [6, 6.07) is 12.7. The van der Waals surface area contributed by atoms with E-state index >= 15 is 0 Å². The van der Waals surface area contributed by atoms with Crippen molar-refractivity contribution in [3.63, 3.8) is 0 Å². The fourth-order valence-electron chi connectivity index (χ4n) is 2.99. The van der Waals surface area contributed by atoms with Crippen molar-refractivity contribution in [3.8, 4) is 22.6 Å². The van der Waals surface area contributed by atoms with Gasteiger partial charge in [-0.25, -0.2) is 28.2 Å². The third-order valence-corrected chi connectivity index (χ3v) is 4.44.